The van der Waals surface area contributed by atoms with Gasteiger partial charge in [0, 0.05) is 5.39 Å². The van der Waals surface area contributed by atoms with Crippen molar-refractivity contribution in [3.8, 4) is 11.5 Å². The molecule has 29 heavy (non-hydrogen) atoms. The fourth-order valence-corrected chi connectivity index (χ4v) is 2.79. The summed E-state index contributed by atoms with van der Waals surface area (Å²) in [5.74, 6) is -4.28. The summed E-state index contributed by atoms with van der Waals surface area (Å²) in [5.41, 5.74) is 1.35. The average molecular weight is 404 g/mol. The van der Waals surface area contributed by atoms with Crippen LogP contribution >= 0.6 is 0 Å². The van der Waals surface area contributed by atoms with Crippen molar-refractivity contribution in [1.29, 1.82) is 0 Å². The smallest absolute Gasteiger partial charge is 0.387 e. The molecule has 0 aliphatic rings. The number of aryl methyl sites for hydroxylation is 1. The molecule has 0 fully saturated rings. The number of hydrogen-bond donors (Lipinski definition) is 0. The van der Waals surface area contributed by atoms with Crippen LogP contribution < -0.4 is 9.47 Å². The van der Waals surface area contributed by atoms with Gasteiger partial charge in [0.05, 0.1) is 5.56 Å². The first-order valence-corrected chi connectivity index (χ1v) is 8.67. The Balaban J connectivity index is 1.81. The van der Waals surface area contributed by atoms with E-state index in [0.29, 0.717) is 5.56 Å². The number of hydrogen-bond acceptors (Lipinski definition) is 3. The largest absolute Gasteiger partial charge is 0.429 e. The van der Waals surface area contributed by atoms with Crippen LogP contribution in [0.4, 0.5) is 17.6 Å². The van der Waals surface area contributed by atoms with Gasteiger partial charge >= 0.3 is 12.6 Å². The van der Waals surface area contributed by atoms with E-state index in [2.05, 4.69) is 11.3 Å². The molecule has 0 heterocycles. The van der Waals surface area contributed by atoms with Gasteiger partial charge in [-0.1, -0.05) is 18.2 Å². The summed E-state index contributed by atoms with van der Waals surface area (Å²) in [6, 6.07) is 11.4. The maximum Gasteiger partial charge on any atom is 0.387 e. The van der Waals surface area contributed by atoms with Crippen molar-refractivity contribution in [2.45, 2.75) is 19.5 Å². The quantitative estimate of drug-likeness (QED) is 0.208. The van der Waals surface area contributed by atoms with E-state index < -0.39 is 30.0 Å². The summed E-state index contributed by atoms with van der Waals surface area (Å²) in [4.78, 5) is 12.3. The normalized spacial score (nSPS) is 10.9. The Hall–Kier alpha value is -3.35. The average Bonchev–Trinajstić information content (AvgIpc) is 2.69. The van der Waals surface area contributed by atoms with Gasteiger partial charge in [-0.2, -0.15) is 8.78 Å². The van der Waals surface area contributed by atoms with Crippen LogP contribution in [0.15, 0.2) is 61.2 Å². The molecule has 150 valence electrons. The van der Waals surface area contributed by atoms with Crippen LogP contribution in [0.5, 0.6) is 11.5 Å². The fourth-order valence-electron chi connectivity index (χ4n) is 2.79. The molecule has 0 atom stereocenters. The number of carbonyl (C=O) groups is 1. The highest BCUT2D eigenvalue weighted by Gasteiger charge is 2.19. The zero-order valence-electron chi connectivity index (χ0n) is 15.1. The Morgan fingerprint density at radius 1 is 1.07 bits per heavy atom. The molecule has 0 amide bonds. The summed E-state index contributed by atoms with van der Waals surface area (Å²) in [5, 5.41) is -0.111. The zero-order valence-corrected chi connectivity index (χ0v) is 15.1. The molecule has 0 radical (unpaired) electrons. The van der Waals surface area contributed by atoms with E-state index in [9.17, 15) is 22.4 Å². The molecule has 0 N–H and O–H groups in total. The van der Waals surface area contributed by atoms with E-state index in [1.54, 1.807) is 30.3 Å². The number of halogens is 4. The lowest BCUT2D eigenvalue weighted by Crippen LogP contribution is -2.09. The predicted octanol–water partition coefficient (Wildman–Crippen LogP) is 6.06. The standard InChI is InChI=1S/C22H16F4O3/c1-2-3-4-13-5-7-14(8-6-13)21(27)28-16-9-10-17-15(11-16)12-18(23)20(19(17)24)29-22(25)26/h2,5-12,22H,1,3-4H2. The van der Waals surface area contributed by atoms with Crippen molar-refractivity contribution in [3.63, 3.8) is 0 Å². The molecular formula is C22H16F4O3. The van der Waals surface area contributed by atoms with E-state index in [-0.39, 0.29) is 16.5 Å². The van der Waals surface area contributed by atoms with Crippen LogP contribution in [0.1, 0.15) is 22.3 Å². The van der Waals surface area contributed by atoms with Gasteiger partial charge in [-0.15, -0.1) is 6.58 Å². The van der Waals surface area contributed by atoms with Gasteiger partial charge in [0.15, 0.2) is 17.4 Å². The van der Waals surface area contributed by atoms with Crippen LogP contribution in [0.2, 0.25) is 0 Å². The number of esters is 1. The Morgan fingerprint density at radius 2 is 1.79 bits per heavy atom. The summed E-state index contributed by atoms with van der Waals surface area (Å²) in [7, 11) is 0. The molecule has 3 aromatic carbocycles. The molecule has 0 saturated carbocycles. The molecule has 0 unspecified atom stereocenters. The van der Waals surface area contributed by atoms with E-state index >= 15 is 0 Å². The van der Waals surface area contributed by atoms with E-state index in [1.807, 2.05) is 0 Å². The first kappa shape index (κ1) is 20.4. The third-order valence-corrected chi connectivity index (χ3v) is 4.20. The van der Waals surface area contributed by atoms with Crippen LogP contribution in [-0.4, -0.2) is 12.6 Å². The Kier molecular flexibility index (Phi) is 6.16. The Bertz CT molecular complexity index is 1050. The van der Waals surface area contributed by atoms with Crippen LogP contribution in [0.25, 0.3) is 10.8 Å². The third kappa shape index (κ3) is 4.74. The second kappa shape index (κ2) is 8.77. The lowest BCUT2D eigenvalue weighted by Gasteiger charge is -2.11. The zero-order chi connectivity index (χ0) is 21.0. The lowest BCUT2D eigenvalue weighted by molar-refractivity contribution is -0.0544. The highest BCUT2D eigenvalue weighted by atomic mass is 19.3. The van der Waals surface area contributed by atoms with Gasteiger partial charge in [-0.05, 0) is 60.2 Å². The van der Waals surface area contributed by atoms with Crippen LogP contribution in [0.3, 0.4) is 0 Å². The number of rotatable bonds is 7. The Morgan fingerprint density at radius 3 is 2.45 bits per heavy atom. The maximum absolute atomic E-state index is 14.3. The van der Waals surface area contributed by atoms with Gasteiger partial charge in [-0.3, -0.25) is 0 Å². The number of alkyl halides is 2. The maximum atomic E-state index is 14.3. The number of ether oxygens (including phenoxy) is 2. The number of carbonyl (C=O) groups excluding carboxylic acids is 1. The molecule has 0 aliphatic carbocycles. The van der Waals surface area contributed by atoms with Crippen molar-refractivity contribution < 1.29 is 31.8 Å². The van der Waals surface area contributed by atoms with E-state index in [4.69, 9.17) is 4.74 Å². The van der Waals surface area contributed by atoms with Gasteiger partial charge in [0.2, 0.25) is 0 Å². The molecule has 0 aliphatic heterocycles. The lowest BCUT2D eigenvalue weighted by atomic mass is 10.1. The van der Waals surface area contributed by atoms with Gasteiger partial charge in [0.25, 0.3) is 0 Å². The number of benzene rings is 3. The second-order valence-electron chi connectivity index (χ2n) is 6.18. The summed E-state index contributed by atoms with van der Waals surface area (Å²) in [6.45, 7) is 0.295. The summed E-state index contributed by atoms with van der Waals surface area (Å²) >= 11 is 0. The first-order valence-electron chi connectivity index (χ1n) is 8.67. The van der Waals surface area contributed by atoms with Crippen molar-refractivity contribution in [2.24, 2.45) is 0 Å². The molecule has 3 aromatic rings. The minimum atomic E-state index is -3.36. The molecule has 7 heteroatoms. The highest BCUT2D eigenvalue weighted by molar-refractivity contribution is 5.92. The molecule has 0 aromatic heterocycles. The molecule has 0 spiro atoms. The first-order chi connectivity index (χ1) is 13.9. The molecule has 0 bridgehead atoms. The minimum Gasteiger partial charge on any atom is -0.429 e. The van der Waals surface area contributed by atoms with Crippen molar-refractivity contribution >= 4 is 16.7 Å². The second-order valence-corrected chi connectivity index (χ2v) is 6.18. The fraction of sp³-hybridized carbons (Fsp3) is 0.136. The van der Waals surface area contributed by atoms with Crippen molar-refractivity contribution in [2.75, 3.05) is 0 Å². The predicted molar refractivity (Wildman–Crippen MR) is 100 cm³/mol. The Labute approximate surface area is 164 Å². The van der Waals surface area contributed by atoms with Crippen molar-refractivity contribution in [1.82, 2.24) is 0 Å². The number of fused-ring (bicyclic) bond motifs is 1. The van der Waals surface area contributed by atoms with Crippen LogP contribution in [0, 0.1) is 11.6 Å². The van der Waals surface area contributed by atoms with E-state index in [1.165, 1.54) is 18.2 Å². The molecule has 3 rings (SSSR count). The topological polar surface area (TPSA) is 35.5 Å². The van der Waals surface area contributed by atoms with Gasteiger partial charge in [0.1, 0.15) is 5.75 Å². The summed E-state index contributed by atoms with van der Waals surface area (Å²) in [6.07, 6.45) is 3.42. The molecule has 3 nitrogen and oxygen atoms in total. The number of allylic oxidation sites excluding steroid dienone is 1. The van der Waals surface area contributed by atoms with Gasteiger partial charge < -0.3 is 9.47 Å². The van der Waals surface area contributed by atoms with Crippen molar-refractivity contribution in [3.05, 3.63) is 83.9 Å². The highest BCUT2D eigenvalue weighted by Crippen LogP contribution is 2.33. The SMILES string of the molecule is C=CCCc1ccc(C(=O)Oc2ccc3c(F)c(OC(F)F)c(F)cc3c2)cc1. The van der Waals surface area contributed by atoms with Gasteiger partial charge in [-0.25, -0.2) is 13.6 Å². The third-order valence-electron chi connectivity index (χ3n) is 4.20. The summed E-state index contributed by atoms with van der Waals surface area (Å²) < 4.78 is 62.0. The van der Waals surface area contributed by atoms with E-state index in [0.717, 1.165) is 24.5 Å². The molecular weight excluding hydrogens is 388 g/mol. The monoisotopic (exact) mass is 404 g/mol. The minimum absolute atomic E-state index is 0.0340. The molecule has 0 saturated heterocycles. The van der Waals surface area contributed by atoms with Crippen LogP contribution in [-0.2, 0) is 6.42 Å².